The molecule has 174 valence electrons. The molecule has 8 heteroatoms. The number of alkyl carbamates (subject to hydrolysis) is 1. The maximum absolute atomic E-state index is 13.4. The summed E-state index contributed by atoms with van der Waals surface area (Å²) < 4.78 is 12.9. The highest BCUT2D eigenvalue weighted by Crippen LogP contribution is 2.19. The molecule has 1 unspecified atom stereocenters. The van der Waals surface area contributed by atoms with Crippen LogP contribution in [0.25, 0.3) is 0 Å². The molecule has 1 aliphatic heterocycles. The molecule has 1 atom stereocenters. The first-order chi connectivity index (χ1) is 16.3. The fourth-order valence-electron chi connectivity index (χ4n) is 3.68. The molecule has 2 aromatic rings. The van der Waals surface area contributed by atoms with Crippen molar-refractivity contribution in [3.8, 4) is 6.07 Å². The Labute approximate surface area is 196 Å². The number of hydrogen-bond donors (Lipinski definition) is 1. The van der Waals surface area contributed by atoms with Crippen molar-refractivity contribution < 1.29 is 15.7 Å². The molecule has 0 saturated carbocycles. The predicted molar refractivity (Wildman–Crippen MR) is 124 cm³/mol. The third-order valence-electron chi connectivity index (χ3n) is 5.35. The fraction of sp³-hybridized carbons (Fsp3) is 0.440. The van der Waals surface area contributed by atoms with Crippen molar-refractivity contribution in [2.24, 2.45) is 0 Å². The molecule has 8 nitrogen and oxygen atoms in total. The van der Waals surface area contributed by atoms with Crippen molar-refractivity contribution in [1.82, 2.24) is 20.1 Å². The summed E-state index contributed by atoms with van der Waals surface area (Å²) in [6.07, 6.45) is 1.74. The molecule has 1 fully saturated rings. The van der Waals surface area contributed by atoms with Crippen molar-refractivity contribution >= 4 is 12.0 Å². The number of nitrogens with zero attached hydrogens (tertiary/aromatic N) is 4. The SMILES string of the molecule is [2H]CC(C)(C)OC(=O)NC(C(=O)N1CCN(CCc2ccnc(C#N)c2)CC1)c1ccccc1. The normalized spacial score (nSPS) is 15.8. The van der Waals surface area contributed by atoms with E-state index in [1.54, 1.807) is 43.1 Å². The third-order valence-corrected chi connectivity index (χ3v) is 5.35. The van der Waals surface area contributed by atoms with E-state index in [-0.39, 0.29) is 12.8 Å². The second-order valence-corrected chi connectivity index (χ2v) is 8.72. The number of hydrogen-bond acceptors (Lipinski definition) is 6. The average Bonchev–Trinajstić information content (AvgIpc) is 2.86. The van der Waals surface area contributed by atoms with E-state index in [4.69, 9.17) is 11.4 Å². The van der Waals surface area contributed by atoms with Crippen LogP contribution in [0.4, 0.5) is 4.79 Å². The van der Waals surface area contributed by atoms with Gasteiger partial charge in [0, 0.05) is 40.3 Å². The number of carbonyl (C=O) groups is 2. The van der Waals surface area contributed by atoms with E-state index in [1.807, 2.05) is 24.3 Å². The Morgan fingerprint density at radius 1 is 1.24 bits per heavy atom. The smallest absolute Gasteiger partial charge is 0.408 e. The van der Waals surface area contributed by atoms with E-state index < -0.39 is 17.7 Å². The Kier molecular flexibility index (Phi) is 7.53. The van der Waals surface area contributed by atoms with Crippen LogP contribution in [-0.2, 0) is 16.0 Å². The minimum Gasteiger partial charge on any atom is -0.444 e. The van der Waals surface area contributed by atoms with Crippen molar-refractivity contribution in [2.45, 2.75) is 38.8 Å². The number of pyridine rings is 1. The number of piperazine rings is 1. The number of rotatable bonds is 6. The van der Waals surface area contributed by atoms with Crippen LogP contribution in [-0.4, -0.2) is 65.1 Å². The first-order valence-corrected chi connectivity index (χ1v) is 11.0. The summed E-state index contributed by atoms with van der Waals surface area (Å²) in [6.45, 7) is 6.61. The molecule has 2 amide bonds. The van der Waals surface area contributed by atoms with Gasteiger partial charge in [-0.25, -0.2) is 9.78 Å². The standard InChI is InChI=1S/C25H31N5O3/c1-25(2,3)33-24(32)28-22(20-7-5-4-6-8-20)23(31)30-15-13-29(14-16-30)12-10-19-9-11-27-21(17-19)18-26/h4-9,11,17,22H,10,12-16H2,1-3H3,(H,28,32)/i1D. The lowest BCUT2D eigenvalue weighted by Gasteiger charge is -2.36. The summed E-state index contributed by atoms with van der Waals surface area (Å²) in [5, 5.41) is 11.7. The summed E-state index contributed by atoms with van der Waals surface area (Å²) in [7, 11) is 0. The van der Waals surface area contributed by atoms with Crippen molar-refractivity contribution in [3.63, 3.8) is 0 Å². The Hall–Kier alpha value is -3.44. The van der Waals surface area contributed by atoms with E-state index in [0.717, 1.165) is 31.6 Å². The van der Waals surface area contributed by atoms with Crippen LogP contribution < -0.4 is 5.32 Å². The highest BCUT2D eigenvalue weighted by atomic mass is 16.6. The molecule has 0 aliphatic carbocycles. The van der Waals surface area contributed by atoms with E-state index >= 15 is 0 Å². The molecular weight excluding hydrogens is 418 g/mol. The van der Waals surface area contributed by atoms with Gasteiger partial charge in [0.15, 0.2) is 0 Å². The van der Waals surface area contributed by atoms with Gasteiger partial charge < -0.3 is 15.0 Å². The summed E-state index contributed by atoms with van der Waals surface area (Å²) >= 11 is 0. The van der Waals surface area contributed by atoms with Crippen LogP contribution >= 0.6 is 0 Å². The van der Waals surface area contributed by atoms with Crippen LogP contribution in [0.2, 0.25) is 0 Å². The number of ether oxygens (including phenoxy) is 1. The highest BCUT2D eigenvalue weighted by molar-refractivity contribution is 5.87. The van der Waals surface area contributed by atoms with Gasteiger partial charge in [-0.2, -0.15) is 5.26 Å². The molecule has 0 spiro atoms. The lowest BCUT2D eigenvalue weighted by Crippen LogP contribution is -2.52. The van der Waals surface area contributed by atoms with Gasteiger partial charge in [0.05, 0.1) is 0 Å². The maximum atomic E-state index is 13.4. The molecule has 3 rings (SSSR count). The zero-order valence-corrected chi connectivity index (χ0v) is 19.2. The summed E-state index contributed by atoms with van der Waals surface area (Å²) in [4.78, 5) is 33.9. The summed E-state index contributed by atoms with van der Waals surface area (Å²) in [5.74, 6) is -0.181. The Morgan fingerprint density at radius 2 is 1.97 bits per heavy atom. The second kappa shape index (κ2) is 10.9. The van der Waals surface area contributed by atoms with Crippen molar-refractivity contribution in [2.75, 3.05) is 32.7 Å². The van der Waals surface area contributed by atoms with Crippen LogP contribution in [0.5, 0.6) is 0 Å². The molecule has 0 radical (unpaired) electrons. The topological polar surface area (TPSA) is 98.6 Å². The number of aromatic nitrogens is 1. The van der Waals surface area contributed by atoms with E-state index in [0.29, 0.717) is 24.3 Å². The lowest BCUT2D eigenvalue weighted by molar-refractivity contribution is -0.135. The molecule has 1 aromatic carbocycles. The van der Waals surface area contributed by atoms with Crippen LogP contribution in [0, 0.1) is 11.3 Å². The van der Waals surface area contributed by atoms with E-state index in [2.05, 4.69) is 21.3 Å². The number of benzene rings is 1. The minimum absolute atomic E-state index is 0.0797. The van der Waals surface area contributed by atoms with Crippen molar-refractivity contribution in [1.29, 1.82) is 5.26 Å². The average molecular weight is 451 g/mol. The molecule has 0 bridgehead atoms. The summed E-state index contributed by atoms with van der Waals surface area (Å²) in [5.41, 5.74) is 1.22. The van der Waals surface area contributed by atoms with E-state index in [1.165, 1.54) is 0 Å². The molecule has 33 heavy (non-hydrogen) atoms. The van der Waals surface area contributed by atoms with Gasteiger partial charge in [-0.1, -0.05) is 30.3 Å². The molecule has 1 N–H and O–H groups in total. The second-order valence-electron chi connectivity index (χ2n) is 8.72. The maximum Gasteiger partial charge on any atom is 0.408 e. The number of nitrogens with one attached hydrogen (secondary N) is 1. The predicted octanol–water partition coefficient (Wildman–Crippen LogP) is 2.91. The van der Waals surface area contributed by atoms with Crippen LogP contribution in [0.1, 0.15) is 45.0 Å². The summed E-state index contributed by atoms with van der Waals surface area (Å²) in [6, 6.07) is 14.0. The molecular formula is C25H31N5O3. The highest BCUT2D eigenvalue weighted by Gasteiger charge is 2.31. The molecule has 1 aliphatic rings. The van der Waals surface area contributed by atoms with Crippen LogP contribution in [0.3, 0.4) is 0 Å². The number of carbonyl (C=O) groups excluding carboxylic acids is 2. The Bertz CT molecular complexity index is 1020. The number of nitriles is 1. The zero-order valence-electron chi connectivity index (χ0n) is 20.2. The largest absolute Gasteiger partial charge is 0.444 e. The van der Waals surface area contributed by atoms with E-state index in [9.17, 15) is 9.59 Å². The lowest BCUT2D eigenvalue weighted by atomic mass is 10.1. The third kappa shape index (κ3) is 7.29. The monoisotopic (exact) mass is 450 g/mol. The first kappa shape index (κ1) is 22.7. The Balaban J connectivity index is 1.59. The van der Waals surface area contributed by atoms with Crippen molar-refractivity contribution in [3.05, 3.63) is 65.5 Å². The zero-order chi connectivity index (χ0) is 24.6. The van der Waals surface area contributed by atoms with Gasteiger partial charge in [0.25, 0.3) is 0 Å². The van der Waals surface area contributed by atoms with Gasteiger partial charge in [0.1, 0.15) is 23.4 Å². The molecule has 1 saturated heterocycles. The Morgan fingerprint density at radius 3 is 2.64 bits per heavy atom. The van der Waals surface area contributed by atoms with Gasteiger partial charge in [0.2, 0.25) is 5.91 Å². The quantitative estimate of drug-likeness (QED) is 0.727. The first-order valence-electron chi connectivity index (χ1n) is 11.7. The van der Waals surface area contributed by atoms with Gasteiger partial charge >= 0.3 is 6.09 Å². The fourth-order valence-corrected chi connectivity index (χ4v) is 3.68. The van der Waals surface area contributed by atoms with Gasteiger partial charge in [-0.15, -0.1) is 0 Å². The molecule has 2 heterocycles. The van der Waals surface area contributed by atoms with Gasteiger partial charge in [-0.3, -0.25) is 9.69 Å². The van der Waals surface area contributed by atoms with Crippen LogP contribution in [0.15, 0.2) is 48.7 Å². The molecule has 1 aromatic heterocycles. The number of amides is 2. The van der Waals surface area contributed by atoms with Gasteiger partial charge in [-0.05, 0) is 50.4 Å². The minimum atomic E-state index is -0.942.